The van der Waals surface area contributed by atoms with E-state index in [-0.39, 0.29) is 49.9 Å². The maximum absolute atomic E-state index is 6.86. The van der Waals surface area contributed by atoms with Crippen LogP contribution in [-0.2, 0) is 41.6 Å². The van der Waals surface area contributed by atoms with Crippen molar-refractivity contribution in [2.24, 2.45) is 0 Å². The van der Waals surface area contributed by atoms with Gasteiger partial charge in [0.25, 0.3) is 0 Å². The Kier molecular flexibility index (Phi) is 26.8. The number of para-hydroxylation sites is 6. The van der Waals surface area contributed by atoms with E-state index >= 15 is 0 Å². The third kappa shape index (κ3) is 17.2. The van der Waals surface area contributed by atoms with Crippen LogP contribution >= 0.6 is 51.9 Å². The summed E-state index contributed by atoms with van der Waals surface area (Å²) in [4.78, 5) is 0. The molecule has 0 fully saturated rings. The van der Waals surface area contributed by atoms with Crippen molar-refractivity contribution in [1.29, 1.82) is 0 Å². The summed E-state index contributed by atoms with van der Waals surface area (Å²) in [6, 6.07) is 52.6. The van der Waals surface area contributed by atoms with Gasteiger partial charge in [0.05, 0.1) is 11.2 Å². The predicted octanol–water partition coefficient (Wildman–Crippen LogP) is 17.0. The molecule has 3 aliphatic heterocycles. The van der Waals surface area contributed by atoms with Crippen LogP contribution in [0.2, 0.25) is 0 Å². The van der Waals surface area contributed by atoms with Crippen LogP contribution in [0.4, 0.5) is 0 Å². The zero-order valence-electron chi connectivity index (χ0n) is 46.0. The second-order valence-corrected chi connectivity index (χ2v) is 23.0. The summed E-state index contributed by atoms with van der Waals surface area (Å²) in [5.41, 5.74) is 8.28. The summed E-state index contributed by atoms with van der Waals surface area (Å²) in [5, 5.41) is 12.8. The van der Waals surface area contributed by atoms with Crippen LogP contribution in [0.15, 0.2) is 177 Å². The van der Waals surface area contributed by atoms with Gasteiger partial charge in [-0.1, -0.05) is 202 Å². The molecule has 82 heavy (non-hydrogen) atoms. The minimum atomic E-state index is -2.26. The number of halogens is 4. The van der Waals surface area contributed by atoms with E-state index in [0.717, 1.165) is 114 Å². The quantitative estimate of drug-likeness (QED) is 0.0518. The number of rotatable bonds is 16. The SMILES string of the molecule is C.CCCCc1onc(-c2ccccc2)c1B1Oc2ccccc2O1.CCCCc1onc(-c2ccccc2)c1C.CCCCc1onc(-c2ccccc2)c1[B-]1(Cl)Oc2ccccc2O1.CCC[IH]Cl.ClB1Oc2ccccc2O1.[Au]. The number of hydrogen-bond acceptors (Lipinski definition) is 12. The van der Waals surface area contributed by atoms with Gasteiger partial charge in [-0.3, -0.25) is 11.5 Å². The van der Waals surface area contributed by atoms with Crippen molar-refractivity contribution in [3.63, 3.8) is 0 Å². The molecule has 3 aromatic heterocycles. The molecule has 6 aromatic carbocycles. The van der Waals surface area contributed by atoms with Gasteiger partial charge in [-0.15, -0.1) is 0 Å². The van der Waals surface area contributed by atoms with E-state index < -0.39 is 19.6 Å². The Bertz CT molecular complexity index is 3230. The van der Waals surface area contributed by atoms with Gasteiger partial charge in [-0.05, 0) is 68.0 Å². The Labute approximate surface area is 523 Å². The summed E-state index contributed by atoms with van der Waals surface area (Å²) >= 11 is 12.3. The Morgan fingerprint density at radius 3 is 1.28 bits per heavy atom. The number of aromatic nitrogens is 3. The molecule has 0 atom stereocenters. The largest absolute Gasteiger partial charge is 0.713 e. The zero-order valence-corrected chi connectivity index (χ0v) is 52.7. The van der Waals surface area contributed by atoms with E-state index in [1.165, 1.54) is 22.8 Å². The van der Waals surface area contributed by atoms with Crippen molar-refractivity contribution in [3.05, 3.63) is 187 Å². The Morgan fingerprint density at radius 1 is 0.463 bits per heavy atom. The first kappa shape index (κ1) is 65.4. The summed E-state index contributed by atoms with van der Waals surface area (Å²) in [7, 11) is 4.91. The zero-order chi connectivity index (χ0) is 56.1. The molecule has 0 saturated carbocycles. The topological polar surface area (TPSA) is 133 Å². The van der Waals surface area contributed by atoms with E-state index in [1.54, 1.807) is 0 Å². The third-order valence-corrected chi connectivity index (χ3v) is 16.1. The smallest absolute Gasteiger partial charge is 0.510 e. The Hall–Kier alpha value is -5.71. The van der Waals surface area contributed by atoms with Gasteiger partial charge in [0.15, 0.2) is 0 Å². The molecule has 12 rings (SSSR count). The van der Waals surface area contributed by atoms with Crippen LogP contribution < -0.4 is 38.9 Å². The van der Waals surface area contributed by atoms with E-state index in [4.69, 9.17) is 73.3 Å². The van der Waals surface area contributed by atoms with E-state index in [0.29, 0.717) is 34.2 Å². The first-order chi connectivity index (χ1) is 39.2. The van der Waals surface area contributed by atoms with Gasteiger partial charge in [0.1, 0.15) is 63.2 Å². The molecule has 12 nitrogen and oxygen atoms in total. The molecule has 0 N–H and O–H groups in total. The second-order valence-electron chi connectivity index (χ2n) is 18.8. The average Bonchev–Trinajstić information content (AvgIpc) is 4.41. The van der Waals surface area contributed by atoms with Gasteiger partial charge < -0.3 is 41.5 Å². The van der Waals surface area contributed by atoms with Crippen LogP contribution in [0.5, 0.6) is 34.5 Å². The minimum Gasteiger partial charge on any atom is -0.510 e. The van der Waals surface area contributed by atoms with E-state index in [9.17, 15) is 0 Å². The summed E-state index contributed by atoms with van der Waals surface area (Å²) in [5.74, 6) is 4.54. The first-order valence-electron chi connectivity index (χ1n) is 27.3. The van der Waals surface area contributed by atoms with E-state index in [2.05, 4.69) is 62.2 Å². The molecule has 0 unspecified atom stereocenters. The number of hydrogen-bond donors (Lipinski definition) is 0. The molecule has 0 aliphatic carbocycles. The molecule has 0 bridgehead atoms. The molecular formula is C62H69AuB3Cl3IN3O9-. The van der Waals surface area contributed by atoms with Crippen molar-refractivity contribution in [1.82, 2.24) is 15.5 Å². The van der Waals surface area contributed by atoms with Gasteiger partial charge in [-0.25, -0.2) is 0 Å². The number of nitrogens with zero attached hydrogens (tertiary/aromatic N) is 3. The predicted molar refractivity (Wildman–Crippen MR) is 341 cm³/mol. The minimum absolute atomic E-state index is 0. The maximum atomic E-state index is 6.86. The standard InChI is InChI=1S/C19H18BClNO3.C19H18BNO3.C14H17NO.C6H4BClO2.C3H8ClI.CH4.Au/c1-2-3-11-17-18(19(22-25-17)14-9-5-4-6-10-14)20(21)23-15-12-7-8-13-16(15)24-20;1-2-3-11-17-18(19(21-24-17)14-9-5-4-6-10-14)20-22-15-12-7-8-13-16(15)23-20;1-3-4-10-13-11(2)14(15-16-13)12-8-6-5-7-9-12;8-7-9-5-3-1-2-4-6(5)10-7;1-2-3-5-4;;/h4-10,12-13H,2-3,11H2,1H3;4-10,12-13H,2-3,11H2,1H3;5-9H,3-4,10H2,1-2H3;1-4H;5H,2-3H2,1H3;1H4;/q-1;;;;;;. The molecule has 1 radical (unpaired) electrons. The molecule has 0 amide bonds. The Morgan fingerprint density at radius 2 is 0.829 bits per heavy atom. The Balaban J connectivity index is 0.000000176. The molecule has 9 aromatic rings. The van der Waals surface area contributed by atoms with E-state index in [1.807, 2.05) is 152 Å². The van der Waals surface area contributed by atoms with Crippen LogP contribution in [0.3, 0.4) is 0 Å². The summed E-state index contributed by atoms with van der Waals surface area (Å²) in [6.07, 6.45) is 10.3. The molecule has 0 saturated heterocycles. The summed E-state index contributed by atoms with van der Waals surface area (Å²) < 4.78 is 52.2. The van der Waals surface area contributed by atoms with Crippen LogP contribution in [0.1, 0.15) is 103 Å². The van der Waals surface area contributed by atoms with Crippen molar-refractivity contribution in [2.75, 3.05) is 4.43 Å². The average molecular weight is 1460 g/mol. The van der Waals surface area contributed by atoms with Crippen LogP contribution in [-0.4, -0.2) is 39.5 Å². The fraction of sp³-hybridized carbons (Fsp3) is 0.274. The normalized spacial score (nSPS) is 12.5. The molecule has 6 heterocycles. The number of fused-ring (bicyclic) bond motifs is 3. The molecule has 3 aliphatic rings. The number of alkyl halides is 1. The molecule has 0 spiro atoms. The monoisotopic (exact) mass is 1460 g/mol. The molecule has 20 heteroatoms. The van der Waals surface area contributed by atoms with Crippen molar-refractivity contribution in [3.8, 4) is 68.3 Å². The number of unbranched alkanes of at least 4 members (excludes halogenated alkanes) is 3. The number of benzene rings is 6. The van der Waals surface area contributed by atoms with Gasteiger partial charge in [0.2, 0.25) is 0 Å². The van der Waals surface area contributed by atoms with Crippen molar-refractivity contribution < 1.29 is 63.9 Å². The maximum Gasteiger partial charge on any atom is 0.713 e. The first-order valence-corrected chi connectivity index (χ1v) is 32.8. The molecule has 435 valence electrons. The van der Waals surface area contributed by atoms with Crippen molar-refractivity contribution in [2.45, 2.75) is 106 Å². The van der Waals surface area contributed by atoms with Gasteiger partial charge in [-0.2, -0.15) is 0 Å². The second kappa shape index (κ2) is 33.5. The van der Waals surface area contributed by atoms with Gasteiger partial charge >= 0.3 is 66.4 Å². The van der Waals surface area contributed by atoms with Crippen molar-refractivity contribution >= 4 is 82.5 Å². The third-order valence-electron chi connectivity index (χ3n) is 12.9. The fourth-order valence-electron chi connectivity index (χ4n) is 8.79. The number of aryl methyl sites for hydroxylation is 3. The fourth-order valence-corrected chi connectivity index (χ4v) is 10.9. The molecular weight excluding hydrogens is 1390 g/mol. The summed E-state index contributed by atoms with van der Waals surface area (Å²) in [6.45, 7) is 10.1. The van der Waals surface area contributed by atoms with Gasteiger partial charge in [0, 0.05) is 63.9 Å². The van der Waals surface area contributed by atoms with Crippen LogP contribution in [0.25, 0.3) is 33.8 Å². The van der Waals surface area contributed by atoms with Crippen LogP contribution in [0, 0.1) is 6.92 Å².